The van der Waals surface area contributed by atoms with Crippen LogP contribution in [0.25, 0.3) is 0 Å². The summed E-state index contributed by atoms with van der Waals surface area (Å²) in [6.45, 7) is 0. The van der Waals surface area contributed by atoms with E-state index in [4.69, 9.17) is 18.0 Å². The van der Waals surface area contributed by atoms with Crippen LogP contribution in [0.2, 0.25) is 0 Å². The fourth-order valence-corrected chi connectivity index (χ4v) is 3.36. The molecule has 5 nitrogen and oxygen atoms in total. The van der Waals surface area contributed by atoms with Gasteiger partial charge in [0.2, 0.25) is 0 Å². The molecule has 0 radical (unpaired) electrons. The molecule has 0 amide bonds. The smallest absolute Gasteiger partial charge is 0.264 e. The first kappa shape index (κ1) is 15.8. The SMILES string of the molecule is NC(=S)c1ncccc1S(=O)(=O)Nc1ccc(Br)cc1F. The van der Waals surface area contributed by atoms with Crippen LogP contribution in [0.4, 0.5) is 10.1 Å². The molecule has 0 spiro atoms. The van der Waals surface area contributed by atoms with Gasteiger partial charge in [-0.2, -0.15) is 0 Å². The second-order valence-electron chi connectivity index (χ2n) is 3.94. The summed E-state index contributed by atoms with van der Waals surface area (Å²) in [6, 6.07) is 6.68. The number of sulfonamides is 1. The van der Waals surface area contributed by atoms with Crippen LogP contribution in [0.3, 0.4) is 0 Å². The second kappa shape index (κ2) is 6.04. The summed E-state index contributed by atoms with van der Waals surface area (Å²) in [6.07, 6.45) is 1.37. The molecule has 0 bridgehead atoms. The van der Waals surface area contributed by atoms with Crippen LogP contribution in [-0.2, 0) is 10.0 Å². The zero-order valence-electron chi connectivity index (χ0n) is 10.4. The van der Waals surface area contributed by atoms with E-state index >= 15 is 0 Å². The number of benzene rings is 1. The average Bonchev–Trinajstić information content (AvgIpc) is 2.42. The third-order valence-corrected chi connectivity index (χ3v) is 4.55. The zero-order chi connectivity index (χ0) is 15.6. The van der Waals surface area contributed by atoms with Crippen molar-refractivity contribution >= 4 is 48.8 Å². The molecule has 0 saturated carbocycles. The Labute approximate surface area is 134 Å². The summed E-state index contributed by atoms with van der Waals surface area (Å²) >= 11 is 7.86. The highest BCUT2D eigenvalue weighted by atomic mass is 79.9. The highest BCUT2D eigenvalue weighted by Crippen LogP contribution is 2.23. The summed E-state index contributed by atoms with van der Waals surface area (Å²) in [4.78, 5) is 3.47. The largest absolute Gasteiger partial charge is 0.388 e. The molecule has 2 rings (SSSR count). The summed E-state index contributed by atoms with van der Waals surface area (Å²) in [5.41, 5.74) is 5.22. The van der Waals surface area contributed by atoms with E-state index in [9.17, 15) is 12.8 Å². The maximum atomic E-state index is 13.7. The summed E-state index contributed by atoms with van der Waals surface area (Å²) in [5.74, 6) is -0.714. The van der Waals surface area contributed by atoms with Crippen molar-refractivity contribution in [3.8, 4) is 0 Å². The monoisotopic (exact) mass is 389 g/mol. The van der Waals surface area contributed by atoms with E-state index in [0.717, 1.165) is 6.07 Å². The van der Waals surface area contributed by atoms with E-state index in [-0.39, 0.29) is 21.3 Å². The minimum atomic E-state index is -4.06. The van der Waals surface area contributed by atoms with Gasteiger partial charge in [-0.3, -0.25) is 9.71 Å². The van der Waals surface area contributed by atoms with Crippen LogP contribution >= 0.6 is 28.1 Å². The van der Waals surface area contributed by atoms with Crippen LogP contribution in [0, 0.1) is 5.82 Å². The molecule has 0 saturated heterocycles. The summed E-state index contributed by atoms with van der Waals surface area (Å²) < 4.78 is 41.0. The fourth-order valence-electron chi connectivity index (χ4n) is 1.56. The first-order valence-electron chi connectivity index (χ1n) is 5.54. The van der Waals surface area contributed by atoms with Crippen molar-refractivity contribution in [2.75, 3.05) is 4.72 Å². The van der Waals surface area contributed by atoms with Crippen LogP contribution < -0.4 is 10.5 Å². The Kier molecular flexibility index (Phi) is 4.55. The molecule has 0 fully saturated rings. The number of hydrogen-bond acceptors (Lipinski definition) is 4. The predicted molar refractivity (Wildman–Crippen MR) is 85.0 cm³/mol. The van der Waals surface area contributed by atoms with E-state index in [0.29, 0.717) is 4.47 Å². The van der Waals surface area contributed by atoms with Crippen LogP contribution in [-0.4, -0.2) is 18.4 Å². The molecule has 0 aliphatic rings. The number of nitrogens with one attached hydrogen (secondary N) is 1. The highest BCUT2D eigenvalue weighted by molar-refractivity contribution is 9.10. The third-order valence-electron chi connectivity index (χ3n) is 2.47. The molecule has 9 heteroatoms. The number of hydrogen-bond donors (Lipinski definition) is 2. The lowest BCUT2D eigenvalue weighted by atomic mass is 10.3. The lowest BCUT2D eigenvalue weighted by Crippen LogP contribution is -2.21. The van der Waals surface area contributed by atoms with Gasteiger partial charge in [0.1, 0.15) is 21.4 Å². The minimum Gasteiger partial charge on any atom is -0.388 e. The number of anilines is 1. The lowest BCUT2D eigenvalue weighted by molar-refractivity contribution is 0.598. The van der Waals surface area contributed by atoms with Crippen molar-refractivity contribution < 1.29 is 12.8 Å². The molecule has 0 atom stereocenters. The quantitative estimate of drug-likeness (QED) is 0.784. The molecule has 1 heterocycles. The molecule has 1 aromatic carbocycles. The second-order valence-corrected chi connectivity index (χ2v) is 6.95. The standard InChI is InChI=1S/C12H9BrFN3O2S2/c13-7-3-4-9(8(14)6-7)17-21(18,19)10-2-1-5-16-11(10)12(15)20/h1-6,17H,(H2,15,20). The molecule has 0 aliphatic heterocycles. The Morgan fingerprint density at radius 2 is 2.10 bits per heavy atom. The van der Waals surface area contributed by atoms with Crippen molar-refractivity contribution in [3.05, 3.63) is 52.5 Å². The fraction of sp³-hybridized carbons (Fsp3) is 0. The van der Waals surface area contributed by atoms with Crippen molar-refractivity contribution in [3.63, 3.8) is 0 Å². The van der Waals surface area contributed by atoms with Gasteiger partial charge in [0.15, 0.2) is 0 Å². The van der Waals surface area contributed by atoms with Gasteiger partial charge in [-0.05, 0) is 30.3 Å². The summed E-state index contributed by atoms with van der Waals surface area (Å²) in [7, 11) is -4.06. The van der Waals surface area contributed by atoms with Gasteiger partial charge in [0.25, 0.3) is 10.0 Å². The highest BCUT2D eigenvalue weighted by Gasteiger charge is 2.22. The number of halogens is 2. The van der Waals surface area contributed by atoms with Crippen molar-refractivity contribution in [2.24, 2.45) is 5.73 Å². The van der Waals surface area contributed by atoms with Gasteiger partial charge in [0, 0.05) is 10.7 Å². The van der Waals surface area contributed by atoms with Crippen LogP contribution in [0.5, 0.6) is 0 Å². The Hall–Kier alpha value is -1.58. The van der Waals surface area contributed by atoms with E-state index in [1.54, 1.807) is 0 Å². The van der Waals surface area contributed by atoms with Gasteiger partial charge in [-0.15, -0.1) is 0 Å². The normalized spacial score (nSPS) is 11.1. The predicted octanol–water partition coefficient (Wildman–Crippen LogP) is 2.42. The molecular formula is C12H9BrFN3O2S2. The number of nitrogens with zero attached hydrogens (tertiary/aromatic N) is 1. The molecule has 1 aromatic heterocycles. The van der Waals surface area contributed by atoms with E-state index in [1.807, 2.05) is 0 Å². The third kappa shape index (κ3) is 3.55. The zero-order valence-corrected chi connectivity index (χ0v) is 13.6. The topological polar surface area (TPSA) is 85.1 Å². The first-order valence-corrected chi connectivity index (χ1v) is 8.22. The van der Waals surface area contributed by atoms with E-state index in [1.165, 1.54) is 30.5 Å². The molecule has 0 unspecified atom stereocenters. The Balaban J connectivity index is 2.46. The minimum absolute atomic E-state index is 0.0440. The van der Waals surface area contributed by atoms with Gasteiger partial charge in [-0.1, -0.05) is 28.1 Å². The average molecular weight is 390 g/mol. The Morgan fingerprint density at radius 3 is 2.71 bits per heavy atom. The molecule has 110 valence electrons. The number of nitrogens with two attached hydrogens (primary N) is 1. The number of thiocarbonyl (C=S) groups is 1. The van der Waals surface area contributed by atoms with Gasteiger partial charge in [0.05, 0.1) is 5.69 Å². The van der Waals surface area contributed by atoms with Crippen molar-refractivity contribution in [2.45, 2.75) is 4.90 Å². The lowest BCUT2D eigenvalue weighted by Gasteiger charge is -2.11. The number of aromatic nitrogens is 1. The van der Waals surface area contributed by atoms with Gasteiger partial charge < -0.3 is 5.73 Å². The maximum Gasteiger partial charge on any atom is 0.264 e. The Morgan fingerprint density at radius 1 is 1.38 bits per heavy atom. The van der Waals surface area contributed by atoms with Crippen molar-refractivity contribution in [1.82, 2.24) is 4.98 Å². The van der Waals surface area contributed by atoms with Crippen LogP contribution in [0.1, 0.15) is 5.69 Å². The molecule has 3 N–H and O–H groups in total. The molecule has 2 aromatic rings. The molecule has 0 aliphatic carbocycles. The van der Waals surface area contributed by atoms with Gasteiger partial charge >= 0.3 is 0 Å². The van der Waals surface area contributed by atoms with E-state index in [2.05, 4.69) is 25.6 Å². The van der Waals surface area contributed by atoms with E-state index < -0.39 is 15.8 Å². The number of pyridine rings is 1. The van der Waals surface area contributed by atoms with Crippen LogP contribution in [0.15, 0.2) is 45.9 Å². The molecule has 21 heavy (non-hydrogen) atoms. The first-order chi connectivity index (χ1) is 9.81. The maximum absolute atomic E-state index is 13.7. The van der Waals surface area contributed by atoms with Crippen molar-refractivity contribution in [1.29, 1.82) is 0 Å². The molecular weight excluding hydrogens is 381 g/mol. The summed E-state index contributed by atoms with van der Waals surface area (Å²) in [5, 5.41) is 0. The number of rotatable bonds is 4. The Bertz CT molecular complexity index is 812. The van der Waals surface area contributed by atoms with Gasteiger partial charge in [-0.25, -0.2) is 12.8 Å².